The number of aromatic nitrogens is 2. The number of benzene rings is 1. The smallest absolute Gasteiger partial charge is 0.244 e. The predicted molar refractivity (Wildman–Crippen MR) is 105 cm³/mol. The van der Waals surface area contributed by atoms with Crippen LogP contribution in [0.5, 0.6) is 17.4 Å². The van der Waals surface area contributed by atoms with Crippen molar-refractivity contribution in [3.05, 3.63) is 46.5 Å². The zero-order valence-electron chi connectivity index (χ0n) is 16.7. The van der Waals surface area contributed by atoms with Crippen LogP contribution in [0, 0.1) is 11.3 Å². The van der Waals surface area contributed by atoms with Gasteiger partial charge in [0, 0.05) is 5.69 Å². The predicted octanol–water partition coefficient (Wildman–Crippen LogP) is 3.94. The number of rotatable bonds is 7. The normalized spacial score (nSPS) is 15.8. The largest absolute Gasteiger partial charge is 0.493 e. The Morgan fingerprint density at radius 1 is 1.36 bits per heavy atom. The Balaban J connectivity index is 2.09. The second-order valence-electron chi connectivity index (χ2n) is 7.05. The van der Waals surface area contributed by atoms with Crippen LogP contribution >= 0.6 is 0 Å². The average molecular weight is 382 g/mol. The number of allylic oxidation sites excluding steroid dienone is 1. The Morgan fingerprint density at radius 3 is 2.79 bits per heavy atom. The van der Waals surface area contributed by atoms with Gasteiger partial charge in [-0.1, -0.05) is 33.3 Å². The molecule has 28 heavy (non-hydrogen) atoms. The van der Waals surface area contributed by atoms with Gasteiger partial charge in [-0.2, -0.15) is 5.26 Å². The number of unbranched alkanes of at least 4 members (excludes halogenated alkanes) is 1. The number of nitriles is 1. The van der Waals surface area contributed by atoms with E-state index in [0.717, 1.165) is 29.7 Å². The van der Waals surface area contributed by atoms with Crippen molar-refractivity contribution in [2.75, 3.05) is 13.7 Å². The molecule has 7 nitrogen and oxygen atoms in total. The van der Waals surface area contributed by atoms with E-state index >= 15 is 0 Å². The molecule has 2 aromatic rings. The molecule has 7 heteroatoms. The number of hydrogen-bond acceptors (Lipinski definition) is 6. The van der Waals surface area contributed by atoms with E-state index in [1.165, 1.54) is 0 Å². The molecule has 0 spiro atoms. The van der Waals surface area contributed by atoms with E-state index in [2.05, 4.69) is 37.0 Å². The maximum atomic E-state index is 9.76. The monoisotopic (exact) mass is 382 g/mol. The molecular weight excluding hydrogens is 356 g/mol. The number of fused-ring (bicyclic) bond motifs is 1. The summed E-state index contributed by atoms with van der Waals surface area (Å²) in [6.45, 7) is 6.86. The highest BCUT2D eigenvalue weighted by Gasteiger charge is 2.36. The van der Waals surface area contributed by atoms with E-state index in [1.807, 2.05) is 18.2 Å². The van der Waals surface area contributed by atoms with Gasteiger partial charge in [0.25, 0.3) is 0 Å². The molecule has 0 unspecified atom stereocenters. The number of aromatic amines is 1. The van der Waals surface area contributed by atoms with Gasteiger partial charge in [-0.25, -0.2) is 0 Å². The molecule has 0 amide bonds. The lowest BCUT2D eigenvalue weighted by Crippen LogP contribution is -2.21. The summed E-state index contributed by atoms with van der Waals surface area (Å²) in [6, 6.07) is 7.91. The first-order valence-corrected chi connectivity index (χ1v) is 9.48. The van der Waals surface area contributed by atoms with Gasteiger partial charge in [0.2, 0.25) is 11.8 Å². The Labute approximate surface area is 165 Å². The average Bonchev–Trinajstić information content (AvgIpc) is 3.10. The number of methoxy groups -OCH3 is 1. The minimum atomic E-state index is -0.386. The first-order chi connectivity index (χ1) is 13.5. The first-order valence-electron chi connectivity index (χ1n) is 9.48. The lowest BCUT2D eigenvalue weighted by molar-refractivity contribution is 0.288. The minimum Gasteiger partial charge on any atom is -0.493 e. The summed E-state index contributed by atoms with van der Waals surface area (Å²) in [5.41, 5.74) is 9.01. The molecule has 0 aliphatic carbocycles. The lowest BCUT2D eigenvalue weighted by atomic mass is 9.82. The molecule has 148 valence electrons. The fourth-order valence-corrected chi connectivity index (χ4v) is 3.35. The Morgan fingerprint density at radius 2 is 2.14 bits per heavy atom. The van der Waals surface area contributed by atoms with Crippen molar-refractivity contribution < 1.29 is 14.2 Å². The number of nitrogens with zero attached hydrogens (tertiary/aromatic N) is 2. The van der Waals surface area contributed by atoms with E-state index < -0.39 is 0 Å². The molecule has 1 aromatic carbocycles. The van der Waals surface area contributed by atoms with Crippen LogP contribution in [0.4, 0.5) is 0 Å². The molecule has 0 saturated heterocycles. The van der Waals surface area contributed by atoms with Crippen LogP contribution < -0.4 is 19.9 Å². The molecule has 0 radical (unpaired) electrons. The molecule has 0 saturated carbocycles. The van der Waals surface area contributed by atoms with Crippen molar-refractivity contribution in [1.82, 2.24) is 10.2 Å². The van der Waals surface area contributed by atoms with E-state index in [1.54, 1.807) is 7.11 Å². The highest BCUT2D eigenvalue weighted by molar-refractivity contribution is 5.57. The molecule has 3 rings (SSSR count). The highest BCUT2D eigenvalue weighted by atomic mass is 16.5. The van der Waals surface area contributed by atoms with E-state index in [0.29, 0.717) is 29.6 Å². The lowest BCUT2D eigenvalue weighted by Gasteiger charge is -2.25. The third-order valence-electron chi connectivity index (χ3n) is 4.82. The molecule has 0 bridgehead atoms. The third-order valence-corrected chi connectivity index (χ3v) is 4.82. The van der Waals surface area contributed by atoms with Crippen molar-refractivity contribution in [3.8, 4) is 23.4 Å². The van der Waals surface area contributed by atoms with E-state index in [9.17, 15) is 5.26 Å². The van der Waals surface area contributed by atoms with Gasteiger partial charge >= 0.3 is 0 Å². The van der Waals surface area contributed by atoms with E-state index in [-0.39, 0.29) is 17.7 Å². The van der Waals surface area contributed by atoms with Crippen LogP contribution in [-0.2, 0) is 0 Å². The van der Waals surface area contributed by atoms with Gasteiger partial charge in [0.05, 0.1) is 25.2 Å². The van der Waals surface area contributed by atoms with Gasteiger partial charge < -0.3 is 19.9 Å². The summed E-state index contributed by atoms with van der Waals surface area (Å²) in [5, 5.41) is 17.0. The number of ether oxygens (including phenoxy) is 3. The maximum Gasteiger partial charge on any atom is 0.244 e. The van der Waals surface area contributed by atoms with Crippen LogP contribution in [-0.4, -0.2) is 23.9 Å². The molecule has 0 fully saturated rings. The summed E-state index contributed by atoms with van der Waals surface area (Å²) < 4.78 is 17.0. The van der Waals surface area contributed by atoms with Gasteiger partial charge in [-0.3, -0.25) is 5.10 Å². The quantitative estimate of drug-likeness (QED) is 0.703. The molecule has 2 heterocycles. The summed E-state index contributed by atoms with van der Waals surface area (Å²) >= 11 is 0. The van der Waals surface area contributed by atoms with Crippen LogP contribution in [0.2, 0.25) is 0 Å². The molecule has 1 aliphatic rings. The first kappa shape index (κ1) is 19.6. The van der Waals surface area contributed by atoms with Crippen LogP contribution in [0.1, 0.15) is 62.3 Å². The second kappa shape index (κ2) is 8.26. The molecule has 1 atom stereocenters. The maximum absolute atomic E-state index is 9.76. The molecule has 1 aliphatic heterocycles. The highest BCUT2D eigenvalue weighted by Crippen LogP contribution is 2.45. The summed E-state index contributed by atoms with van der Waals surface area (Å²) in [5.74, 6) is 1.57. The zero-order valence-corrected chi connectivity index (χ0v) is 16.7. The van der Waals surface area contributed by atoms with Crippen LogP contribution in [0.3, 0.4) is 0 Å². The Hall–Kier alpha value is -3.14. The van der Waals surface area contributed by atoms with Crippen molar-refractivity contribution in [3.63, 3.8) is 0 Å². The summed E-state index contributed by atoms with van der Waals surface area (Å²) in [4.78, 5) is 0. The molecule has 3 N–H and O–H groups in total. The SMILES string of the molecule is CCCCOc1ccc([C@H]2C(C#N)=C(N)Oc3n[nH]c(C(C)C)c32)cc1OC. The van der Waals surface area contributed by atoms with Gasteiger partial charge in [-0.15, -0.1) is 5.10 Å². The molecular formula is C21H26N4O3. The zero-order chi connectivity index (χ0) is 20.3. The second-order valence-corrected chi connectivity index (χ2v) is 7.05. The van der Waals surface area contributed by atoms with Crippen LogP contribution in [0.25, 0.3) is 0 Å². The summed E-state index contributed by atoms with van der Waals surface area (Å²) in [7, 11) is 1.61. The van der Waals surface area contributed by atoms with Crippen molar-refractivity contribution in [2.45, 2.75) is 45.4 Å². The summed E-state index contributed by atoms with van der Waals surface area (Å²) in [6.07, 6.45) is 2.03. The van der Waals surface area contributed by atoms with Gasteiger partial charge in [0.15, 0.2) is 11.5 Å². The third kappa shape index (κ3) is 3.50. The topological polar surface area (TPSA) is 106 Å². The minimum absolute atomic E-state index is 0.0732. The van der Waals surface area contributed by atoms with Crippen molar-refractivity contribution in [2.24, 2.45) is 5.73 Å². The fourth-order valence-electron chi connectivity index (χ4n) is 3.35. The number of nitrogens with one attached hydrogen (secondary N) is 1. The fraction of sp³-hybridized carbons (Fsp3) is 0.429. The standard InChI is InChI=1S/C21H26N4O3/c1-5-6-9-27-15-8-7-13(10-16(15)26-4)17-14(11-22)20(23)28-21-18(17)19(12(2)3)24-25-21/h7-8,10,12,17H,5-6,9,23H2,1-4H3,(H,24,25)/t17-/m0/s1. The van der Waals surface area contributed by atoms with Gasteiger partial charge in [0.1, 0.15) is 11.6 Å². The van der Waals surface area contributed by atoms with E-state index in [4.69, 9.17) is 19.9 Å². The van der Waals surface area contributed by atoms with Crippen LogP contribution in [0.15, 0.2) is 29.7 Å². The van der Waals surface area contributed by atoms with Crippen molar-refractivity contribution >= 4 is 0 Å². The van der Waals surface area contributed by atoms with Crippen molar-refractivity contribution in [1.29, 1.82) is 5.26 Å². The number of H-pyrrole nitrogens is 1. The number of nitrogens with two attached hydrogens (primary N) is 1. The number of hydrogen-bond donors (Lipinski definition) is 2. The Kier molecular flexibility index (Phi) is 5.78. The van der Waals surface area contributed by atoms with Gasteiger partial charge in [-0.05, 0) is 30.0 Å². The Bertz CT molecular complexity index is 924. The molecule has 1 aromatic heterocycles.